The molecular formula is C18H24N2O4. The second-order valence-electron chi connectivity index (χ2n) is 5.84. The van der Waals surface area contributed by atoms with E-state index >= 15 is 0 Å². The van der Waals surface area contributed by atoms with Gasteiger partial charge >= 0.3 is 5.63 Å². The molecule has 0 aliphatic carbocycles. The highest BCUT2D eigenvalue weighted by Crippen LogP contribution is 2.22. The summed E-state index contributed by atoms with van der Waals surface area (Å²) < 4.78 is 5.27. The Bertz CT molecular complexity index is 754. The molecule has 0 spiro atoms. The molecule has 6 heteroatoms. The number of rotatable bonds is 8. The number of aliphatic hydroxyl groups is 1. The summed E-state index contributed by atoms with van der Waals surface area (Å²) in [4.78, 5) is 25.2. The van der Waals surface area contributed by atoms with Crippen LogP contribution >= 0.6 is 0 Å². The highest BCUT2D eigenvalue weighted by molar-refractivity contribution is 5.92. The Morgan fingerprint density at radius 2 is 2.08 bits per heavy atom. The van der Waals surface area contributed by atoms with Crippen LogP contribution in [0.2, 0.25) is 0 Å². The fraction of sp³-hybridized carbons (Fsp3) is 0.444. The summed E-state index contributed by atoms with van der Waals surface area (Å²) in [5.74, 6) is -0.179. The van der Waals surface area contributed by atoms with Crippen molar-refractivity contribution in [2.75, 3.05) is 25.0 Å². The van der Waals surface area contributed by atoms with Crippen LogP contribution in [0.1, 0.15) is 32.3 Å². The zero-order chi connectivity index (χ0) is 17.5. The summed E-state index contributed by atoms with van der Waals surface area (Å²) in [5.41, 5.74) is 1.48. The number of unbranched alkanes of at least 4 members (excludes halogenated alkanes) is 1. The quantitative estimate of drug-likeness (QED) is 0.725. The van der Waals surface area contributed by atoms with Gasteiger partial charge in [0.25, 0.3) is 0 Å². The Labute approximate surface area is 141 Å². The van der Waals surface area contributed by atoms with Gasteiger partial charge in [-0.05, 0) is 30.7 Å². The van der Waals surface area contributed by atoms with E-state index in [2.05, 4.69) is 17.1 Å². The van der Waals surface area contributed by atoms with Crippen LogP contribution in [0.25, 0.3) is 11.0 Å². The lowest BCUT2D eigenvalue weighted by atomic mass is 10.1. The summed E-state index contributed by atoms with van der Waals surface area (Å²) in [6, 6.07) is 6.78. The van der Waals surface area contributed by atoms with Crippen molar-refractivity contribution in [3.63, 3.8) is 0 Å². The largest absolute Gasteiger partial charge is 0.423 e. The van der Waals surface area contributed by atoms with Gasteiger partial charge < -0.3 is 14.8 Å². The first-order valence-corrected chi connectivity index (χ1v) is 8.21. The molecule has 130 valence electrons. The summed E-state index contributed by atoms with van der Waals surface area (Å²) >= 11 is 0. The fourth-order valence-electron chi connectivity index (χ4n) is 2.68. The molecule has 2 N–H and O–H groups in total. The molecule has 1 aromatic carbocycles. The highest BCUT2D eigenvalue weighted by Gasteiger charge is 2.11. The van der Waals surface area contributed by atoms with Crippen LogP contribution in [0.5, 0.6) is 0 Å². The van der Waals surface area contributed by atoms with Crippen LogP contribution in [-0.4, -0.2) is 35.6 Å². The molecule has 0 radical (unpaired) electrons. The predicted molar refractivity (Wildman–Crippen MR) is 94.1 cm³/mol. The first kappa shape index (κ1) is 18.2. The van der Waals surface area contributed by atoms with Gasteiger partial charge in [-0.15, -0.1) is 0 Å². The molecule has 0 bridgehead atoms. The average molecular weight is 332 g/mol. The molecular weight excluding hydrogens is 308 g/mol. The molecule has 1 heterocycles. The maximum absolute atomic E-state index is 11.9. The molecule has 24 heavy (non-hydrogen) atoms. The molecule has 0 fully saturated rings. The number of nitrogens with one attached hydrogen (secondary N) is 1. The van der Waals surface area contributed by atoms with E-state index in [0.29, 0.717) is 24.4 Å². The van der Waals surface area contributed by atoms with Crippen molar-refractivity contribution < 1.29 is 14.3 Å². The lowest BCUT2D eigenvalue weighted by Gasteiger charge is -2.21. The van der Waals surface area contributed by atoms with Crippen LogP contribution in [-0.2, 0) is 11.3 Å². The molecule has 2 rings (SSSR count). The Morgan fingerprint density at radius 3 is 2.75 bits per heavy atom. The van der Waals surface area contributed by atoms with Gasteiger partial charge in [0.05, 0.1) is 6.61 Å². The third-order valence-electron chi connectivity index (χ3n) is 3.79. The number of nitrogens with zero attached hydrogens (tertiary/aromatic N) is 1. The number of carbonyl (C=O) groups is 1. The fourth-order valence-corrected chi connectivity index (χ4v) is 2.68. The smallest absolute Gasteiger partial charge is 0.336 e. The van der Waals surface area contributed by atoms with Crippen molar-refractivity contribution in [1.29, 1.82) is 0 Å². The molecule has 0 saturated heterocycles. The summed E-state index contributed by atoms with van der Waals surface area (Å²) in [6.45, 7) is 5.62. The minimum Gasteiger partial charge on any atom is -0.423 e. The van der Waals surface area contributed by atoms with Crippen LogP contribution in [0.4, 0.5) is 5.69 Å². The second kappa shape index (κ2) is 8.61. The van der Waals surface area contributed by atoms with Gasteiger partial charge in [0.1, 0.15) is 5.58 Å². The molecule has 0 atom stereocenters. The SMILES string of the molecule is CCCCN(CCO)Cc1cc(=O)oc2cc(NC(C)=O)ccc12. The molecule has 1 aromatic heterocycles. The third kappa shape index (κ3) is 4.91. The second-order valence-corrected chi connectivity index (χ2v) is 5.84. The Balaban J connectivity index is 2.34. The van der Waals surface area contributed by atoms with Crippen LogP contribution in [0, 0.1) is 0 Å². The zero-order valence-corrected chi connectivity index (χ0v) is 14.2. The van der Waals surface area contributed by atoms with Gasteiger partial charge in [0, 0.05) is 43.2 Å². The zero-order valence-electron chi connectivity index (χ0n) is 14.2. The molecule has 0 aliphatic heterocycles. The van der Waals surface area contributed by atoms with Crippen LogP contribution < -0.4 is 10.9 Å². The standard InChI is InChI=1S/C18H24N2O4/c1-3-4-7-20(8-9-21)12-14-10-18(23)24-17-11-15(19-13(2)22)5-6-16(14)17/h5-6,10-11,21H,3-4,7-9,12H2,1-2H3,(H,19,22). The van der Waals surface area contributed by atoms with E-state index < -0.39 is 5.63 Å². The Kier molecular flexibility index (Phi) is 6.52. The van der Waals surface area contributed by atoms with E-state index in [1.807, 2.05) is 6.07 Å². The van der Waals surface area contributed by atoms with E-state index in [-0.39, 0.29) is 12.5 Å². The first-order chi connectivity index (χ1) is 11.5. The minimum atomic E-state index is -0.420. The molecule has 1 amide bonds. The molecule has 0 unspecified atom stereocenters. The number of anilines is 1. The monoisotopic (exact) mass is 332 g/mol. The van der Waals surface area contributed by atoms with Crippen molar-refractivity contribution >= 4 is 22.6 Å². The van der Waals surface area contributed by atoms with E-state index in [4.69, 9.17) is 4.42 Å². The molecule has 6 nitrogen and oxygen atoms in total. The van der Waals surface area contributed by atoms with Gasteiger partial charge in [0.15, 0.2) is 0 Å². The maximum Gasteiger partial charge on any atom is 0.336 e. The van der Waals surface area contributed by atoms with Crippen molar-refractivity contribution in [2.24, 2.45) is 0 Å². The van der Waals surface area contributed by atoms with E-state index in [1.54, 1.807) is 12.1 Å². The van der Waals surface area contributed by atoms with Gasteiger partial charge in [0.2, 0.25) is 5.91 Å². The maximum atomic E-state index is 11.9. The van der Waals surface area contributed by atoms with E-state index in [9.17, 15) is 14.7 Å². The van der Waals surface area contributed by atoms with Crippen molar-refractivity contribution in [3.8, 4) is 0 Å². The Hall–Kier alpha value is -2.18. The normalized spacial score (nSPS) is 11.2. The lowest BCUT2D eigenvalue weighted by Crippen LogP contribution is -2.28. The van der Waals surface area contributed by atoms with Gasteiger partial charge in [-0.2, -0.15) is 0 Å². The van der Waals surface area contributed by atoms with Gasteiger partial charge in [-0.1, -0.05) is 13.3 Å². The molecule has 0 saturated carbocycles. The van der Waals surface area contributed by atoms with Crippen LogP contribution in [0.3, 0.4) is 0 Å². The number of amides is 1. The number of benzene rings is 1. The van der Waals surface area contributed by atoms with E-state index in [1.165, 1.54) is 13.0 Å². The highest BCUT2D eigenvalue weighted by atomic mass is 16.4. The summed E-state index contributed by atoms with van der Waals surface area (Å²) in [6.07, 6.45) is 2.10. The summed E-state index contributed by atoms with van der Waals surface area (Å²) in [7, 11) is 0. The number of hydrogen-bond donors (Lipinski definition) is 2. The minimum absolute atomic E-state index is 0.0791. The summed E-state index contributed by atoms with van der Waals surface area (Å²) in [5, 5.41) is 12.8. The topological polar surface area (TPSA) is 82.8 Å². The van der Waals surface area contributed by atoms with Crippen molar-refractivity contribution in [3.05, 3.63) is 40.2 Å². The third-order valence-corrected chi connectivity index (χ3v) is 3.79. The van der Waals surface area contributed by atoms with E-state index in [0.717, 1.165) is 30.3 Å². The first-order valence-electron chi connectivity index (χ1n) is 8.21. The average Bonchev–Trinajstić information content (AvgIpc) is 2.51. The Morgan fingerprint density at radius 1 is 1.29 bits per heavy atom. The van der Waals surface area contributed by atoms with Gasteiger partial charge in [-0.25, -0.2) is 4.79 Å². The van der Waals surface area contributed by atoms with Gasteiger partial charge in [-0.3, -0.25) is 9.69 Å². The predicted octanol–water partition coefficient (Wildman–Crippen LogP) is 2.35. The van der Waals surface area contributed by atoms with Crippen LogP contribution in [0.15, 0.2) is 33.5 Å². The lowest BCUT2D eigenvalue weighted by molar-refractivity contribution is -0.114. The van der Waals surface area contributed by atoms with Crippen molar-refractivity contribution in [1.82, 2.24) is 4.90 Å². The number of hydrogen-bond acceptors (Lipinski definition) is 5. The number of aliphatic hydroxyl groups excluding tert-OH is 1. The molecule has 2 aromatic rings. The van der Waals surface area contributed by atoms with Crippen molar-refractivity contribution in [2.45, 2.75) is 33.2 Å². The molecule has 0 aliphatic rings. The number of carbonyl (C=O) groups excluding carboxylic acids is 1. The number of fused-ring (bicyclic) bond motifs is 1.